The van der Waals surface area contributed by atoms with Crippen molar-refractivity contribution in [2.45, 2.75) is 45.3 Å². The van der Waals surface area contributed by atoms with Crippen molar-refractivity contribution in [2.24, 2.45) is 11.1 Å². The first-order valence-electron chi connectivity index (χ1n) is 7.77. The third kappa shape index (κ3) is 2.25. The predicted molar refractivity (Wildman–Crippen MR) is 86.8 cm³/mol. The first-order chi connectivity index (χ1) is 10.3. The fourth-order valence-electron chi connectivity index (χ4n) is 3.55. The molecular weight excluding hydrogens is 300 g/mol. The highest BCUT2D eigenvalue weighted by atomic mass is 35.5. The smallest absolute Gasteiger partial charge is 0.226 e. The highest BCUT2D eigenvalue weighted by Gasteiger charge is 2.52. The summed E-state index contributed by atoms with van der Waals surface area (Å²) in [6.07, 6.45) is 1.43. The van der Waals surface area contributed by atoms with Crippen molar-refractivity contribution >= 4 is 17.5 Å². The van der Waals surface area contributed by atoms with Crippen LogP contribution in [0.5, 0.6) is 0 Å². The summed E-state index contributed by atoms with van der Waals surface area (Å²) < 4.78 is 6.50. The molecule has 1 aromatic rings. The molecule has 2 aliphatic heterocycles. The Morgan fingerprint density at radius 3 is 2.64 bits per heavy atom. The van der Waals surface area contributed by atoms with Gasteiger partial charge in [-0.15, -0.1) is 0 Å². The summed E-state index contributed by atoms with van der Waals surface area (Å²) >= 11 is 6.36. The molecule has 1 atom stereocenters. The number of ether oxygens (including phenoxy) is 1. The molecule has 0 aliphatic carbocycles. The molecule has 5 heteroatoms. The van der Waals surface area contributed by atoms with Crippen LogP contribution in [0.2, 0.25) is 5.02 Å². The zero-order valence-electron chi connectivity index (χ0n) is 13.3. The fourth-order valence-corrected chi connectivity index (χ4v) is 3.71. The van der Waals surface area contributed by atoms with E-state index >= 15 is 0 Å². The number of amides is 1. The average Bonchev–Trinajstić information content (AvgIpc) is 2.75. The third-order valence-corrected chi connectivity index (χ3v) is 5.56. The number of piperidine rings is 1. The quantitative estimate of drug-likeness (QED) is 0.880. The maximum absolute atomic E-state index is 11.9. The van der Waals surface area contributed by atoms with Crippen molar-refractivity contribution in [1.82, 2.24) is 5.32 Å². The van der Waals surface area contributed by atoms with Crippen LogP contribution < -0.4 is 11.1 Å². The maximum atomic E-state index is 11.9. The van der Waals surface area contributed by atoms with Crippen molar-refractivity contribution in [1.29, 1.82) is 0 Å². The number of carbonyl (C=O) groups is 1. The zero-order chi connectivity index (χ0) is 16.1. The molecule has 1 aromatic carbocycles. The molecule has 0 bridgehead atoms. The highest BCUT2D eigenvalue weighted by Crippen LogP contribution is 2.54. The van der Waals surface area contributed by atoms with Gasteiger partial charge in [0.1, 0.15) is 0 Å². The normalized spacial score (nSPS) is 23.5. The van der Waals surface area contributed by atoms with Gasteiger partial charge in [-0.2, -0.15) is 0 Å². The second-order valence-electron chi connectivity index (χ2n) is 7.02. The number of aryl methyl sites for hydroxylation is 1. The lowest BCUT2D eigenvalue weighted by Crippen LogP contribution is -2.42. The van der Waals surface area contributed by atoms with Crippen LogP contribution in [0, 0.1) is 12.3 Å². The van der Waals surface area contributed by atoms with E-state index in [9.17, 15) is 4.79 Å². The average molecular weight is 323 g/mol. The minimum Gasteiger partial charge on any atom is -0.369 e. The Balaban J connectivity index is 2.15. The Labute approximate surface area is 136 Å². The van der Waals surface area contributed by atoms with E-state index < -0.39 is 5.41 Å². The molecule has 2 aliphatic rings. The summed E-state index contributed by atoms with van der Waals surface area (Å²) in [6, 6.07) is 4.08. The first-order valence-corrected chi connectivity index (χ1v) is 8.15. The summed E-state index contributed by atoms with van der Waals surface area (Å²) in [5.74, 6) is -0.345. The molecule has 2 heterocycles. The number of rotatable bonds is 2. The van der Waals surface area contributed by atoms with Gasteiger partial charge in [-0.05, 0) is 69.5 Å². The number of nitrogens with two attached hydrogens (primary N) is 1. The Kier molecular flexibility index (Phi) is 3.75. The topological polar surface area (TPSA) is 64.3 Å². The number of fused-ring (bicyclic) bond motifs is 2. The molecule has 0 saturated carbocycles. The van der Waals surface area contributed by atoms with E-state index in [-0.39, 0.29) is 17.6 Å². The molecular formula is C17H23ClN2O2. The van der Waals surface area contributed by atoms with E-state index in [2.05, 4.69) is 11.4 Å². The largest absolute Gasteiger partial charge is 0.369 e. The molecule has 0 unspecified atom stereocenters. The lowest BCUT2D eigenvalue weighted by molar-refractivity contribution is -0.154. The van der Waals surface area contributed by atoms with Gasteiger partial charge >= 0.3 is 0 Å². The maximum Gasteiger partial charge on any atom is 0.226 e. The number of carbonyl (C=O) groups excluding carboxylic acids is 1. The fraction of sp³-hybridized carbons (Fsp3) is 0.588. The van der Waals surface area contributed by atoms with Crippen LogP contribution in [0.4, 0.5) is 0 Å². The van der Waals surface area contributed by atoms with Gasteiger partial charge in [0, 0.05) is 5.02 Å². The monoisotopic (exact) mass is 322 g/mol. The lowest BCUT2D eigenvalue weighted by atomic mass is 9.79. The molecule has 0 radical (unpaired) electrons. The van der Waals surface area contributed by atoms with Crippen molar-refractivity contribution < 1.29 is 9.53 Å². The van der Waals surface area contributed by atoms with E-state index in [0.29, 0.717) is 0 Å². The Bertz CT molecular complexity index is 621. The van der Waals surface area contributed by atoms with Gasteiger partial charge in [-0.1, -0.05) is 17.7 Å². The van der Waals surface area contributed by atoms with Crippen LogP contribution >= 0.6 is 11.6 Å². The third-order valence-electron chi connectivity index (χ3n) is 5.15. The van der Waals surface area contributed by atoms with Crippen LogP contribution in [0.25, 0.3) is 0 Å². The molecule has 0 aromatic heterocycles. The van der Waals surface area contributed by atoms with E-state index in [1.807, 2.05) is 26.8 Å². The number of hydrogen-bond donors (Lipinski definition) is 2. The van der Waals surface area contributed by atoms with Crippen molar-refractivity contribution in [3.8, 4) is 0 Å². The minimum atomic E-state index is -0.761. The first kappa shape index (κ1) is 15.8. The number of primary amides is 1. The summed E-state index contributed by atoms with van der Waals surface area (Å²) in [6.45, 7) is 7.48. The molecule has 120 valence electrons. The molecule has 3 N–H and O–H groups in total. The molecule has 1 saturated heterocycles. The summed E-state index contributed by atoms with van der Waals surface area (Å²) in [5.41, 5.74) is 7.71. The molecule has 22 heavy (non-hydrogen) atoms. The minimum absolute atomic E-state index is 0.325. The summed E-state index contributed by atoms with van der Waals surface area (Å²) in [4.78, 5) is 11.9. The predicted octanol–water partition coefficient (Wildman–Crippen LogP) is 2.81. The Morgan fingerprint density at radius 1 is 1.41 bits per heavy atom. The highest BCUT2D eigenvalue weighted by molar-refractivity contribution is 6.31. The van der Waals surface area contributed by atoms with Crippen LogP contribution in [0.15, 0.2) is 12.1 Å². The Morgan fingerprint density at radius 2 is 2.05 bits per heavy atom. The lowest BCUT2D eigenvalue weighted by Gasteiger charge is -2.37. The van der Waals surface area contributed by atoms with Gasteiger partial charge in [0.15, 0.2) is 0 Å². The van der Waals surface area contributed by atoms with Gasteiger partial charge in [-0.3, -0.25) is 4.79 Å². The zero-order valence-corrected chi connectivity index (χ0v) is 14.1. The van der Waals surface area contributed by atoms with Crippen molar-refractivity contribution in [3.05, 3.63) is 33.8 Å². The number of halogens is 1. The SMILES string of the molecule is Cc1cc2c(cc1Cl)C1(CCNCC1)O[C@@H]2C(C)(C)C(N)=O. The van der Waals surface area contributed by atoms with Gasteiger partial charge in [-0.25, -0.2) is 0 Å². The van der Waals surface area contributed by atoms with Gasteiger partial charge in [0.2, 0.25) is 5.91 Å². The van der Waals surface area contributed by atoms with E-state index in [0.717, 1.165) is 47.6 Å². The van der Waals surface area contributed by atoms with Crippen LogP contribution in [0.3, 0.4) is 0 Å². The van der Waals surface area contributed by atoms with Gasteiger partial charge in [0.25, 0.3) is 0 Å². The number of benzene rings is 1. The van der Waals surface area contributed by atoms with Crippen LogP contribution in [-0.4, -0.2) is 19.0 Å². The van der Waals surface area contributed by atoms with E-state index in [1.165, 1.54) is 0 Å². The van der Waals surface area contributed by atoms with Crippen LogP contribution in [-0.2, 0) is 15.1 Å². The van der Waals surface area contributed by atoms with Crippen molar-refractivity contribution in [2.75, 3.05) is 13.1 Å². The molecule has 1 spiro atoms. The molecule has 4 nitrogen and oxygen atoms in total. The summed E-state index contributed by atoms with van der Waals surface area (Å²) in [7, 11) is 0. The summed E-state index contributed by atoms with van der Waals surface area (Å²) in [5, 5.41) is 4.11. The number of hydrogen-bond acceptors (Lipinski definition) is 3. The second-order valence-corrected chi connectivity index (χ2v) is 7.42. The van der Waals surface area contributed by atoms with E-state index in [1.54, 1.807) is 0 Å². The van der Waals surface area contributed by atoms with Gasteiger partial charge < -0.3 is 15.8 Å². The van der Waals surface area contributed by atoms with Crippen molar-refractivity contribution in [3.63, 3.8) is 0 Å². The Hall–Kier alpha value is -1.10. The van der Waals surface area contributed by atoms with E-state index in [4.69, 9.17) is 22.1 Å². The van der Waals surface area contributed by atoms with Crippen LogP contribution in [0.1, 0.15) is 49.5 Å². The van der Waals surface area contributed by atoms with Gasteiger partial charge in [0.05, 0.1) is 17.1 Å². The molecule has 3 rings (SSSR count). The molecule has 1 amide bonds. The standard InChI is InChI=1S/C17H23ClN2O2/c1-10-8-11-12(9-13(10)18)17(4-6-20-7-5-17)22-14(11)16(2,3)15(19)21/h8-9,14,20H,4-7H2,1-3H3,(H2,19,21)/t14-/m0/s1. The second kappa shape index (κ2) is 5.22. The number of nitrogens with one attached hydrogen (secondary N) is 1. The molecule has 1 fully saturated rings.